The second-order valence-corrected chi connectivity index (χ2v) is 5.71. The molecular weight excluding hydrogens is 398 g/mol. The lowest BCUT2D eigenvalue weighted by atomic mass is 10.3. The Hall–Kier alpha value is -1.93. The number of aromatic nitrogens is 1. The van der Waals surface area contributed by atoms with Crippen LogP contribution in [-0.4, -0.2) is 4.98 Å². The predicted molar refractivity (Wildman–Crippen MR) is 89.0 cm³/mol. The first-order chi connectivity index (χ1) is 10.7. The second-order valence-electron chi connectivity index (χ2n) is 4.47. The Morgan fingerprint density at radius 1 is 1.23 bits per heavy atom. The van der Waals surface area contributed by atoms with Crippen LogP contribution in [0.3, 0.4) is 0 Å². The van der Waals surface area contributed by atoms with Crippen LogP contribution in [0.1, 0.15) is 5.69 Å². The average Bonchev–Trinajstić information content (AvgIpc) is 3.04. The summed E-state index contributed by atoms with van der Waals surface area (Å²) >= 11 is 2.06. The largest absolute Gasteiger partial charge is 0.470 e. The first-order valence-corrected chi connectivity index (χ1v) is 7.62. The molecule has 0 radical (unpaired) electrons. The van der Waals surface area contributed by atoms with E-state index in [9.17, 15) is 4.39 Å². The Labute approximate surface area is 140 Å². The lowest BCUT2D eigenvalue weighted by Crippen LogP contribution is -2.18. The smallest absolute Gasteiger partial charge is 0.150 e. The zero-order valence-corrected chi connectivity index (χ0v) is 13.6. The highest BCUT2D eigenvalue weighted by Crippen LogP contribution is 2.30. The molecule has 2 heterocycles. The molecule has 0 fully saturated rings. The van der Waals surface area contributed by atoms with Gasteiger partial charge in [0.25, 0.3) is 0 Å². The molecule has 6 heteroatoms. The normalized spacial score (nSPS) is 10.6. The molecule has 4 nitrogen and oxygen atoms in total. The van der Waals surface area contributed by atoms with Crippen molar-refractivity contribution in [2.75, 3.05) is 5.06 Å². The van der Waals surface area contributed by atoms with Crippen molar-refractivity contribution < 1.29 is 13.6 Å². The van der Waals surface area contributed by atoms with E-state index >= 15 is 0 Å². The van der Waals surface area contributed by atoms with Crippen LogP contribution in [0.15, 0.2) is 65.6 Å². The van der Waals surface area contributed by atoms with Gasteiger partial charge in [-0.1, -0.05) is 6.07 Å². The van der Waals surface area contributed by atoms with Crippen LogP contribution in [0.4, 0.5) is 15.8 Å². The third kappa shape index (κ3) is 3.45. The number of nitrogens with zero attached hydrogens (tertiary/aromatic N) is 2. The summed E-state index contributed by atoms with van der Waals surface area (Å²) < 4.78 is 20.1. The van der Waals surface area contributed by atoms with Gasteiger partial charge in [0, 0.05) is 15.8 Å². The molecule has 0 unspecified atom stereocenters. The van der Waals surface area contributed by atoms with Gasteiger partial charge in [0.1, 0.15) is 30.1 Å². The summed E-state index contributed by atoms with van der Waals surface area (Å²) in [5.74, 6) is -0.367. The van der Waals surface area contributed by atoms with E-state index in [0.29, 0.717) is 11.4 Å². The van der Waals surface area contributed by atoms with Crippen LogP contribution >= 0.6 is 22.6 Å². The van der Waals surface area contributed by atoms with Crippen LogP contribution < -0.4 is 5.06 Å². The number of benzene rings is 1. The number of pyridine rings is 1. The second kappa shape index (κ2) is 6.89. The Kier molecular flexibility index (Phi) is 4.69. The lowest BCUT2D eigenvalue weighted by Gasteiger charge is -2.22. The van der Waals surface area contributed by atoms with Gasteiger partial charge in [0.2, 0.25) is 0 Å². The molecule has 0 aliphatic heterocycles. The van der Waals surface area contributed by atoms with Gasteiger partial charge in [-0.3, -0.25) is 9.82 Å². The molecule has 0 amide bonds. The minimum absolute atomic E-state index is 0.220. The van der Waals surface area contributed by atoms with Crippen LogP contribution in [0.5, 0.6) is 0 Å². The topological polar surface area (TPSA) is 38.5 Å². The molecule has 0 aliphatic carbocycles. The molecule has 2 aromatic heterocycles. The van der Waals surface area contributed by atoms with E-state index in [-0.39, 0.29) is 12.4 Å². The van der Waals surface area contributed by atoms with Crippen molar-refractivity contribution in [2.45, 2.75) is 6.61 Å². The van der Waals surface area contributed by atoms with Gasteiger partial charge in [-0.25, -0.2) is 9.45 Å². The summed E-state index contributed by atoms with van der Waals surface area (Å²) in [6.07, 6.45) is 4.69. The summed E-state index contributed by atoms with van der Waals surface area (Å²) in [4.78, 5) is 9.94. The van der Waals surface area contributed by atoms with Gasteiger partial charge in [0.15, 0.2) is 0 Å². The molecule has 0 spiro atoms. The van der Waals surface area contributed by atoms with Gasteiger partial charge in [-0.2, -0.15) is 0 Å². The summed E-state index contributed by atoms with van der Waals surface area (Å²) in [6, 6.07) is 12.2. The summed E-state index contributed by atoms with van der Waals surface area (Å²) in [6.45, 7) is 0.220. The first kappa shape index (κ1) is 15.0. The summed E-state index contributed by atoms with van der Waals surface area (Å²) in [5.41, 5.74) is 1.68. The van der Waals surface area contributed by atoms with Crippen molar-refractivity contribution in [1.82, 2.24) is 4.98 Å². The number of anilines is 2. The minimum atomic E-state index is -0.367. The van der Waals surface area contributed by atoms with Crippen LogP contribution in [-0.2, 0) is 11.4 Å². The third-order valence-corrected chi connectivity index (χ3v) is 3.61. The molecule has 0 saturated carbocycles. The number of hydrogen-bond donors (Lipinski definition) is 0. The minimum Gasteiger partial charge on any atom is -0.470 e. The monoisotopic (exact) mass is 410 g/mol. The van der Waals surface area contributed by atoms with E-state index in [1.54, 1.807) is 18.3 Å². The molecule has 0 aliphatic rings. The maximum atomic E-state index is 14.2. The number of halogens is 2. The van der Waals surface area contributed by atoms with Crippen LogP contribution in [0, 0.1) is 9.39 Å². The highest BCUT2D eigenvalue weighted by atomic mass is 127. The van der Waals surface area contributed by atoms with Gasteiger partial charge in [-0.05, 0) is 52.9 Å². The number of rotatable bonds is 5. The molecule has 3 aromatic rings. The zero-order chi connectivity index (χ0) is 15.4. The van der Waals surface area contributed by atoms with Crippen molar-refractivity contribution in [3.63, 3.8) is 0 Å². The van der Waals surface area contributed by atoms with Crippen molar-refractivity contribution in [3.05, 3.63) is 76.3 Å². The van der Waals surface area contributed by atoms with Crippen molar-refractivity contribution in [2.24, 2.45) is 0 Å². The fourth-order valence-electron chi connectivity index (χ4n) is 1.92. The van der Waals surface area contributed by atoms with Gasteiger partial charge in [-0.15, -0.1) is 0 Å². The van der Waals surface area contributed by atoms with Gasteiger partial charge >= 0.3 is 0 Å². The molecule has 0 N–H and O–H groups in total. The standard InChI is InChI=1S/C16H12FIN2O2/c17-15-9-12(18)4-5-16(15)20(14-6-8-21-11-14)22-10-13-3-1-2-7-19-13/h1-9,11H,10H2. The molecular formula is C16H12FIN2O2. The van der Waals surface area contributed by atoms with E-state index in [1.165, 1.54) is 23.7 Å². The Bertz CT molecular complexity index is 735. The summed E-state index contributed by atoms with van der Waals surface area (Å²) in [5, 5.41) is 1.41. The highest BCUT2D eigenvalue weighted by molar-refractivity contribution is 14.1. The van der Waals surface area contributed by atoms with E-state index in [0.717, 1.165) is 9.26 Å². The predicted octanol–water partition coefficient (Wildman–Crippen LogP) is 4.69. The Morgan fingerprint density at radius 3 is 2.82 bits per heavy atom. The molecule has 1 aromatic carbocycles. The van der Waals surface area contributed by atoms with E-state index < -0.39 is 0 Å². The van der Waals surface area contributed by atoms with E-state index in [4.69, 9.17) is 9.25 Å². The molecule has 0 atom stereocenters. The quantitative estimate of drug-likeness (QED) is 0.452. The molecule has 112 valence electrons. The highest BCUT2D eigenvalue weighted by Gasteiger charge is 2.16. The fourth-order valence-corrected chi connectivity index (χ4v) is 2.37. The molecule has 0 saturated heterocycles. The number of hydrogen-bond acceptors (Lipinski definition) is 4. The van der Waals surface area contributed by atoms with E-state index in [2.05, 4.69) is 27.6 Å². The summed E-state index contributed by atoms with van der Waals surface area (Å²) in [7, 11) is 0. The molecule has 0 bridgehead atoms. The SMILES string of the molecule is Fc1cc(I)ccc1N(OCc1ccccn1)c1ccoc1. The first-order valence-electron chi connectivity index (χ1n) is 6.54. The Morgan fingerprint density at radius 2 is 2.14 bits per heavy atom. The van der Waals surface area contributed by atoms with Gasteiger partial charge < -0.3 is 4.42 Å². The lowest BCUT2D eigenvalue weighted by molar-refractivity contribution is 0.117. The van der Waals surface area contributed by atoms with Crippen molar-refractivity contribution in [3.8, 4) is 0 Å². The van der Waals surface area contributed by atoms with Crippen LogP contribution in [0.25, 0.3) is 0 Å². The Balaban J connectivity index is 1.88. The van der Waals surface area contributed by atoms with Crippen LogP contribution in [0.2, 0.25) is 0 Å². The average molecular weight is 410 g/mol. The van der Waals surface area contributed by atoms with E-state index in [1.807, 2.05) is 24.3 Å². The zero-order valence-electron chi connectivity index (χ0n) is 11.4. The molecule has 22 heavy (non-hydrogen) atoms. The molecule has 3 rings (SSSR count). The van der Waals surface area contributed by atoms with Crippen molar-refractivity contribution in [1.29, 1.82) is 0 Å². The number of furan rings is 1. The van der Waals surface area contributed by atoms with Gasteiger partial charge in [0.05, 0.1) is 12.0 Å². The van der Waals surface area contributed by atoms with Crippen molar-refractivity contribution >= 4 is 34.0 Å². The maximum absolute atomic E-state index is 14.2. The third-order valence-electron chi connectivity index (χ3n) is 2.94. The fraction of sp³-hybridized carbons (Fsp3) is 0.0625. The maximum Gasteiger partial charge on any atom is 0.150 e.